The predicted molar refractivity (Wildman–Crippen MR) is 57.9 cm³/mol. The molecule has 1 rings (SSSR count). The van der Waals surface area contributed by atoms with Crippen molar-refractivity contribution in [1.82, 2.24) is 0 Å². The van der Waals surface area contributed by atoms with Gasteiger partial charge in [0.1, 0.15) is 5.82 Å². The minimum absolute atomic E-state index is 0.00796. The van der Waals surface area contributed by atoms with Crippen molar-refractivity contribution < 1.29 is 9.18 Å². The summed E-state index contributed by atoms with van der Waals surface area (Å²) in [6, 6.07) is 4.47. The van der Waals surface area contributed by atoms with Gasteiger partial charge in [-0.1, -0.05) is 19.9 Å². The Morgan fingerprint density at radius 1 is 1.50 bits per heavy atom. The molecule has 0 spiro atoms. The number of benzene rings is 1. The van der Waals surface area contributed by atoms with Crippen LogP contribution in [0.5, 0.6) is 0 Å². The Morgan fingerprint density at radius 3 is 2.64 bits per heavy atom. The number of halogens is 2. The second-order valence-electron chi connectivity index (χ2n) is 3.65. The van der Waals surface area contributed by atoms with Gasteiger partial charge in [-0.25, -0.2) is 4.39 Å². The zero-order valence-electron chi connectivity index (χ0n) is 8.18. The zero-order valence-corrected chi connectivity index (χ0v) is 9.77. The van der Waals surface area contributed by atoms with E-state index < -0.39 is 0 Å². The molecule has 1 aromatic carbocycles. The maximum atomic E-state index is 13.1. The molecule has 3 heteroatoms. The molecule has 0 unspecified atom stereocenters. The highest BCUT2D eigenvalue weighted by Gasteiger charge is 2.10. The third-order valence-corrected chi connectivity index (χ3v) is 2.48. The minimum atomic E-state index is -0.389. The quantitative estimate of drug-likeness (QED) is 0.754. The van der Waals surface area contributed by atoms with Gasteiger partial charge in [-0.2, -0.15) is 0 Å². The SMILES string of the molecule is CC(C)CC(=O)c1ccc(Br)c(F)c1. The van der Waals surface area contributed by atoms with Crippen molar-refractivity contribution in [2.75, 3.05) is 0 Å². The highest BCUT2D eigenvalue weighted by Crippen LogP contribution is 2.18. The zero-order chi connectivity index (χ0) is 10.7. The highest BCUT2D eigenvalue weighted by atomic mass is 79.9. The van der Waals surface area contributed by atoms with Crippen LogP contribution >= 0.6 is 15.9 Å². The number of hydrogen-bond donors (Lipinski definition) is 0. The van der Waals surface area contributed by atoms with Gasteiger partial charge in [-0.15, -0.1) is 0 Å². The summed E-state index contributed by atoms with van der Waals surface area (Å²) in [4.78, 5) is 11.5. The van der Waals surface area contributed by atoms with Crippen molar-refractivity contribution in [3.05, 3.63) is 34.1 Å². The smallest absolute Gasteiger partial charge is 0.163 e. The first-order valence-electron chi connectivity index (χ1n) is 4.49. The van der Waals surface area contributed by atoms with Gasteiger partial charge in [-0.3, -0.25) is 4.79 Å². The molecule has 76 valence electrons. The lowest BCUT2D eigenvalue weighted by atomic mass is 10.0. The summed E-state index contributed by atoms with van der Waals surface area (Å²) in [5.74, 6) is -0.0970. The molecule has 1 aromatic rings. The molecule has 0 bridgehead atoms. The summed E-state index contributed by atoms with van der Waals surface area (Å²) in [6.45, 7) is 3.93. The molecular formula is C11H12BrFO. The van der Waals surface area contributed by atoms with E-state index in [-0.39, 0.29) is 11.6 Å². The van der Waals surface area contributed by atoms with Gasteiger partial charge in [-0.05, 0) is 34.0 Å². The molecule has 0 amide bonds. The van der Waals surface area contributed by atoms with Crippen molar-refractivity contribution >= 4 is 21.7 Å². The average molecular weight is 259 g/mol. The van der Waals surface area contributed by atoms with E-state index in [1.165, 1.54) is 6.07 Å². The van der Waals surface area contributed by atoms with E-state index in [0.29, 0.717) is 22.4 Å². The molecule has 0 radical (unpaired) electrons. The molecule has 0 atom stereocenters. The summed E-state index contributed by atoms with van der Waals surface area (Å²) < 4.78 is 13.5. The second-order valence-corrected chi connectivity index (χ2v) is 4.50. The molecule has 0 aromatic heterocycles. The molecule has 0 heterocycles. The fourth-order valence-electron chi connectivity index (χ4n) is 1.16. The molecule has 0 aliphatic heterocycles. The number of rotatable bonds is 3. The molecule has 0 saturated carbocycles. The van der Waals surface area contributed by atoms with E-state index in [4.69, 9.17) is 0 Å². The largest absolute Gasteiger partial charge is 0.294 e. The normalized spacial score (nSPS) is 10.6. The Balaban J connectivity index is 2.86. The molecule has 0 aliphatic rings. The molecule has 14 heavy (non-hydrogen) atoms. The van der Waals surface area contributed by atoms with Crippen LogP contribution in [0.15, 0.2) is 22.7 Å². The highest BCUT2D eigenvalue weighted by molar-refractivity contribution is 9.10. The summed E-state index contributed by atoms with van der Waals surface area (Å²) >= 11 is 3.04. The Hall–Kier alpha value is -0.700. The Morgan fingerprint density at radius 2 is 2.14 bits per heavy atom. The van der Waals surface area contributed by atoms with Gasteiger partial charge < -0.3 is 0 Å². The number of hydrogen-bond acceptors (Lipinski definition) is 1. The van der Waals surface area contributed by atoms with Gasteiger partial charge in [0.2, 0.25) is 0 Å². The van der Waals surface area contributed by atoms with Crippen LogP contribution in [-0.4, -0.2) is 5.78 Å². The van der Waals surface area contributed by atoms with E-state index >= 15 is 0 Å². The first-order chi connectivity index (χ1) is 6.50. The van der Waals surface area contributed by atoms with E-state index in [1.54, 1.807) is 12.1 Å². The van der Waals surface area contributed by atoms with Crippen molar-refractivity contribution in [3.63, 3.8) is 0 Å². The van der Waals surface area contributed by atoms with Crippen molar-refractivity contribution in [1.29, 1.82) is 0 Å². The lowest BCUT2D eigenvalue weighted by Crippen LogP contribution is -2.03. The van der Waals surface area contributed by atoms with Crippen LogP contribution < -0.4 is 0 Å². The predicted octanol–water partition coefficient (Wildman–Crippen LogP) is 3.82. The lowest BCUT2D eigenvalue weighted by Gasteiger charge is -2.04. The van der Waals surface area contributed by atoms with Gasteiger partial charge in [0.05, 0.1) is 4.47 Å². The Labute approximate surface area is 91.5 Å². The average Bonchev–Trinajstić information content (AvgIpc) is 2.08. The standard InChI is InChI=1S/C11H12BrFO/c1-7(2)5-11(14)8-3-4-9(12)10(13)6-8/h3-4,6-7H,5H2,1-2H3. The third-order valence-electron chi connectivity index (χ3n) is 1.84. The monoisotopic (exact) mass is 258 g/mol. The van der Waals surface area contributed by atoms with E-state index in [9.17, 15) is 9.18 Å². The minimum Gasteiger partial charge on any atom is -0.294 e. The Kier molecular flexibility index (Phi) is 3.81. The van der Waals surface area contributed by atoms with E-state index in [0.717, 1.165) is 0 Å². The first-order valence-corrected chi connectivity index (χ1v) is 5.28. The van der Waals surface area contributed by atoms with E-state index in [2.05, 4.69) is 15.9 Å². The number of carbonyl (C=O) groups excluding carboxylic acids is 1. The van der Waals surface area contributed by atoms with Gasteiger partial charge in [0, 0.05) is 12.0 Å². The van der Waals surface area contributed by atoms with Crippen LogP contribution in [0.25, 0.3) is 0 Å². The fraction of sp³-hybridized carbons (Fsp3) is 0.364. The van der Waals surface area contributed by atoms with Crippen molar-refractivity contribution in [3.8, 4) is 0 Å². The van der Waals surface area contributed by atoms with Crippen LogP contribution in [0.2, 0.25) is 0 Å². The molecule has 0 aliphatic carbocycles. The maximum Gasteiger partial charge on any atom is 0.163 e. The number of ketones is 1. The molecule has 1 nitrogen and oxygen atoms in total. The van der Waals surface area contributed by atoms with Gasteiger partial charge in [0.15, 0.2) is 5.78 Å². The maximum absolute atomic E-state index is 13.1. The summed E-state index contributed by atoms with van der Waals surface area (Å²) in [7, 11) is 0. The second kappa shape index (κ2) is 4.69. The molecule has 0 fully saturated rings. The third kappa shape index (κ3) is 2.91. The fourth-order valence-corrected chi connectivity index (χ4v) is 1.40. The summed E-state index contributed by atoms with van der Waals surface area (Å²) in [5, 5.41) is 0. The van der Waals surface area contributed by atoms with Crippen LogP contribution in [0.1, 0.15) is 30.6 Å². The Bertz CT molecular complexity index is 347. The van der Waals surface area contributed by atoms with Crippen LogP contribution in [0.4, 0.5) is 4.39 Å². The van der Waals surface area contributed by atoms with Crippen molar-refractivity contribution in [2.24, 2.45) is 5.92 Å². The van der Waals surface area contributed by atoms with E-state index in [1.807, 2.05) is 13.8 Å². The lowest BCUT2D eigenvalue weighted by molar-refractivity contribution is 0.0967. The summed E-state index contributed by atoms with van der Waals surface area (Å²) in [5.41, 5.74) is 0.444. The topological polar surface area (TPSA) is 17.1 Å². The van der Waals surface area contributed by atoms with Gasteiger partial charge in [0.25, 0.3) is 0 Å². The number of carbonyl (C=O) groups is 1. The van der Waals surface area contributed by atoms with Crippen LogP contribution in [-0.2, 0) is 0 Å². The molecule has 0 N–H and O–H groups in total. The van der Waals surface area contributed by atoms with Gasteiger partial charge >= 0.3 is 0 Å². The van der Waals surface area contributed by atoms with Crippen LogP contribution in [0.3, 0.4) is 0 Å². The first kappa shape index (κ1) is 11.4. The molecular weight excluding hydrogens is 247 g/mol. The number of Topliss-reactive ketones (excluding diaryl/α,β-unsaturated/α-hetero) is 1. The molecule has 0 saturated heterocycles. The van der Waals surface area contributed by atoms with Crippen LogP contribution in [0, 0.1) is 11.7 Å². The van der Waals surface area contributed by atoms with Crippen molar-refractivity contribution in [2.45, 2.75) is 20.3 Å². The summed E-state index contributed by atoms with van der Waals surface area (Å²) in [6.07, 6.45) is 0.459.